The van der Waals surface area contributed by atoms with Crippen LogP contribution in [0.2, 0.25) is 0 Å². The summed E-state index contributed by atoms with van der Waals surface area (Å²) < 4.78 is 0. The van der Waals surface area contributed by atoms with Crippen LogP contribution in [-0.4, -0.2) is 24.9 Å². The molecule has 1 aliphatic heterocycles. The zero-order valence-electron chi connectivity index (χ0n) is 12.2. The van der Waals surface area contributed by atoms with E-state index in [1.807, 2.05) is 19.1 Å². The fourth-order valence-electron chi connectivity index (χ4n) is 3.39. The summed E-state index contributed by atoms with van der Waals surface area (Å²) in [5.74, 6) is -0.293. The fraction of sp³-hybridized carbons (Fsp3) is 0.500. The number of carbonyl (C=O) groups excluding carboxylic acids is 2. The Hall–Kier alpha value is -1.88. The number of benzene rings is 1. The van der Waals surface area contributed by atoms with Crippen LogP contribution >= 0.6 is 0 Å². The van der Waals surface area contributed by atoms with Gasteiger partial charge < -0.3 is 16.4 Å². The Kier molecular flexibility index (Phi) is 3.45. The molecule has 1 aromatic rings. The number of nitrogens with two attached hydrogens (primary N) is 1. The van der Waals surface area contributed by atoms with Crippen LogP contribution in [0, 0.1) is 18.3 Å². The zero-order chi connectivity index (χ0) is 15.0. The van der Waals surface area contributed by atoms with Crippen molar-refractivity contribution in [1.29, 1.82) is 0 Å². The number of rotatable bonds is 3. The number of carbonyl (C=O) groups is 2. The third-order valence-corrected chi connectivity index (χ3v) is 4.88. The van der Waals surface area contributed by atoms with Gasteiger partial charge in [-0.1, -0.05) is 6.07 Å². The summed E-state index contributed by atoms with van der Waals surface area (Å²) >= 11 is 0. The highest BCUT2D eigenvalue weighted by Gasteiger charge is 2.57. The Labute approximate surface area is 124 Å². The van der Waals surface area contributed by atoms with Crippen LogP contribution < -0.4 is 16.4 Å². The molecule has 1 aliphatic carbocycles. The van der Waals surface area contributed by atoms with Gasteiger partial charge in [-0.25, -0.2) is 0 Å². The second kappa shape index (κ2) is 5.15. The highest BCUT2D eigenvalue weighted by molar-refractivity contribution is 5.98. The number of primary amides is 1. The van der Waals surface area contributed by atoms with Crippen LogP contribution in [0.3, 0.4) is 0 Å². The van der Waals surface area contributed by atoms with E-state index < -0.39 is 5.91 Å². The van der Waals surface area contributed by atoms with Crippen molar-refractivity contribution in [1.82, 2.24) is 5.32 Å². The lowest BCUT2D eigenvalue weighted by Crippen LogP contribution is -2.31. The third-order valence-electron chi connectivity index (χ3n) is 4.88. The summed E-state index contributed by atoms with van der Waals surface area (Å²) in [6.45, 7) is 3.83. The van der Waals surface area contributed by atoms with Crippen molar-refractivity contribution in [2.75, 3.05) is 18.4 Å². The van der Waals surface area contributed by atoms with Gasteiger partial charge in [-0.3, -0.25) is 9.59 Å². The van der Waals surface area contributed by atoms with Crippen LogP contribution in [0.1, 0.15) is 35.2 Å². The lowest BCUT2D eigenvalue weighted by atomic mass is 9.91. The topological polar surface area (TPSA) is 84.2 Å². The van der Waals surface area contributed by atoms with Crippen molar-refractivity contribution in [3.05, 3.63) is 29.3 Å². The molecule has 2 amide bonds. The SMILES string of the molecule is Cc1ccc(NC(=O)C2CC23CCNCC3)cc1C(N)=O. The molecule has 2 fully saturated rings. The number of amides is 2. The average Bonchev–Trinajstić information content (AvgIpc) is 3.15. The lowest BCUT2D eigenvalue weighted by molar-refractivity contribution is -0.118. The monoisotopic (exact) mass is 287 g/mol. The number of anilines is 1. The van der Waals surface area contributed by atoms with Gasteiger partial charge in [0.25, 0.3) is 0 Å². The summed E-state index contributed by atoms with van der Waals surface area (Å²) in [7, 11) is 0. The van der Waals surface area contributed by atoms with Gasteiger partial charge in [0, 0.05) is 17.2 Å². The van der Waals surface area contributed by atoms with E-state index in [1.54, 1.807) is 6.07 Å². The third kappa shape index (κ3) is 2.65. The van der Waals surface area contributed by atoms with Crippen LogP contribution in [0.15, 0.2) is 18.2 Å². The molecule has 21 heavy (non-hydrogen) atoms. The Bertz CT molecular complexity index is 591. The standard InChI is InChI=1S/C16H21N3O2/c1-10-2-3-11(8-12(10)14(17)20)19-15(21)13-9-16(13)4-6-18-7-5-16/h2-3,8,13,18H,4-7,9H2,1H3,(H2,17,20)(H,19,21). The number of nitrogens with one attached hydrogen (secondary N) is 2. The largest absolute Gasteiger partial charge is 0.366 e. The lowest BCUT2D eigenvalue weighted by Gasteiger charge is -2.23. The van der Waals surface area contributed by atoms with Gasteiger partial charge in [0.15, 0.2) is 0 Å². The Morgan fingerprint density at radius 2 is 2.05 bits per heavy atom. The first-order valence-corrected chi connectivity index (χ1v) is 7.44. The molecular weight excluding hydrogens is 266 g/mol. The molecule has 0 aromatic heterocycles. The molecule has 3 rings (SSSR count). The number of hydrogen-bond donors (Lipinski definition) is 3. The van der Waals surface area contributed by atoms with E-state index in [4.69, 9.17) is 5.73 Å². The molecule has 1 saturated heterocycles. The van der Waals surface area contributed by atoms with Gasteiger partial charge in [0.1, 0.15) is 0 Å². The van der Waals surface area contributed by atoms with E-state index in [-0.39, 0.29) is 17.2 Å². The van der Waals surface area contributed by atoms with Gasteiger partial charge in [0.2, 0.25) is 11.8 Å². The van der Waals surface area contributed by atoms with Crippen LogP contribution in [0.4, 0.5) is 5.69 Å². The Balaban J connectivity index is 1.68. The molecule has 0 radical (unpaired) electrons. The first-order chi connectivity index (χ1) is 10.0. The molecule has 1 spiro atoms. The minimum atomic E-state index is -0.468. The van der Waals surface area contributed by atoms with Crippen LogP contribution in [0.5, 0.6) is 0 Å². The Morgan fingerprint density at radius 1 is 1.33 bits per heavy atom. The highest BCUT2D eigenvalue weighted by Crippen LogP contribution is 2.58. The van der Waals surface area contributed by atoms with E-state index in [1.165, 1.54) is 0 Å². The molecule has 1 saturated carbocycles. The van der Waals surface area contributed by atoms with Gasteiger partial charge in [0.05, 0.1) is 0 Å². The zero-order valence-corrected chi connectivity index (χ0v) is 12.2. The smallest absolute Gasteiger partial charge is 0.249 e. The molecule has 4 N–H and O–H groups in total. The average molecular weight is 287 g/mol. The predicted molar refractivity (Wildman–Crippen MR) is 81.0 cm³/mol. The Morgan fingerprint density at radius 3 is 2.71 bits per heavy atom. The molecule has 0 bridgehead atoms. The maximum Gasteiger partial charge on any atom is 0.249 e. The number of piperidine rings is 1. The number of hydrogen-bond acceptors (Lipinski definition) is 3. The maximum atomic E-state index is 12.4. The van der Waals surface area contributed by atoms with Crippen molar-refractivity contribution in [2.24, 2.45) is 17.1 Å². The van der Waals surface area contributed by atoms with Crippen molar-refractivity contribution >= 4 is 17.5 Å². The van der Waals surface area contributed by atoms with Crippen molar-refractivity contribution in [2.45, 2.75) is 26.2 Å². The quantitative estimate of drug-likeness (QED) is 0.786. The normalized spacial score (nSPS) is 22.8. The maximum absolute atomic E-state index is 12.4. The minimum Gasteiger partial charge on any atom is -0.366 e. The van der Waals surface area contributed by atoms with Gasteiger partial charge >= 0.3 is 0 Å². The molecule has 1 heterocycles. The second-order valence-corrected chi connectivity index (χ2v) is 6.25. The fourth-order valence-corrected chi connectivity index (χ4v) is 3.39. The van der Waals surface area contributed by atoms with Crippen LogP contribution in [0.25, 0.3) is 0 Å². The molecular formula is C16H21N3O2. The summed E-state index contributed by atoms with van der Waals surface area (Å²) in [6, 6.07) is 5.28. The predicted octanol–water partition coefficient (Wildman–Crippen LogP) is 1.42. The molecule has 1 unspecified atom stereocenters. The summed E-state index contributed by atoms with van der Waals surface area (Å²) in [5, 5.41) is 6.26. The van der Waals surface area contributed by atoms with Crippen molar-refractivity contribution in [3.8, 4) is 0 Å². The van der Waals surface area contributed by atoms with E-state index in [0.29, 0.717) is 11.3 Å². The first kappa shape index (κ1) is 14.1. The molecule has 5 heteroatoms. The summed E-state index contributed by atoms with van der Waals surface area (Å²) in [6.07, 6.45) is 3.13. The van der Waals surface area contributed by atoms with Crippen LogP contribution in [-0.2, 0) is 4.79 Å². The van der Waals surface area contributed by atoms with Crippen molar-refractivity contribution < 1.29 is 9.59 Å². The van der Waals surface area contributed by atoms with E-state index in [2.05, 4.69) is 10.6 Å². The van der Waals surface area contributed by atoms with Gasteiger partial charge in [-0.15, -0.1) is 0 Å². The van der Waals surface area contributed by atoms with Crippen molar-refractivity contribution in [3.63, 3.8) is 0 Å². The van der Waals surface area contributed by atoms with Gasteiger partial charge in [-0.05, 0) is 62.4 Å². The first-order valence-electron chi connectivity index (χ1n) is 7.44. The summed E-state index contributed by atoms with van der Waals surface area (Å²) in [4.78, 5) is 23.7. The molecule has 5 nitrogen and oxygen atoms in total. The molecule has 112 valence electrons. The van der Waals surface area contributed by atoms with E-state index >= 15 is 0 Å². The van der Waals surface area contributed by atoms with Gasteiger partial charge in [-0.2, -0.15) is 0 Å². The molecule has 2 aliphatic rings. The van der Waals surface area contributed by atoms with E-state index in [9.17, 15) is 9.59 Å². The second-order valence-electron chi connectivity index (χ2n) is 6.25. The molecule has 1 atom stereocenters. The van der Waals surface area contributed by atoms with E-state index in [0.717, 1.165) is 37.9 Å². The highest BCUT2D eigenvalue weighted by atomic mass is 16.2. The summed E-state index contributed by atoms with van der Waals surface area (Å²) in [5.41, 5.74) is 7.48. The number of aryl methyl sites for hydroxylation is 1. The minimum absolute atomic E-state index is 0.0659. The molecule has 1 aromatic carbocycles.